The Hall–Kier alpha value is -3.92. The number of benzene rings is 2. The molecule has 36 heavy (non-hydrogen) atoms. The van der Waals surface area contributed by atoms with Crippen molar-refractivity contribution in [1.82, 2.24) is 5.32 Å². The summed E-state index contributed by atoms with van der Waals surface area (Å²) in [6.45, 7) is 3.88. The third kappa shape index (κ3) is 9.38. The molecule has 2 aromatic rings. The first kappa shape index (κ1) is 26.7. The highest BCUT2D eigenvalue weighted by Gasteiger charge is 2.15. The quantitative estimate of drug-likeness (QED) is 0.407. The molecule has 0 aromatic heterocycles. The van der Waals surface area contributed by atoms with Crippen LogP contribution in [0.1, 0.15) is 24.0 Å². The van der Waals surface area contributed by atoms with Gasteiger partial charge in [0, 0.05) is 50.1 Å². The number of nitrogens with zero attached hydrogens (tertiary/aromatic N) is 1. The Morgan fingerprint density at radius 2 is 1.81 bits per heavy atom. The van der Waals surface area contributed by atoms with E-state index < -0.39 is 11.9 Å². The van der Waals surface area contributed by atoms with E-state index in [1.807, 2.05) is 36.4 Å². The van der Waals surface area contributed by atoms with Crippen LogP contribution in [-0.4, -0.2) is 61.0 Å². The van der Waals surface area contributed by atoms with Gasteiger partial charge in [0.25, 0.3) is 0 Å². The number of aliphatic imine (C=N–C) groups is 1. The first-order chi connectivity index (χ1) is 17.4. The van der Waals surface area contributed by atoms with Crippen molar-refractivity contribution < 1.29 is 33.7 Å². The number of rotatable bonds is 8. The normalized spacial score (nSPS) is 15.4. The number of guanidine groups is 1. The molecular weight excluding hydrogens is 469 g/mol. The molecule has 9 nitrogen and oxygen atoms in total. The topological polar surface area (TPSA) is 129 Å². The summed E-state index contributed by atoms with van der Waals surface area (Å²) >= 11 is 0. The van der Waals surface area contributed by atoms with Crippen LogP contribution in [0.25, 0.3) is 0 Å². The predicted octanol–water partition coefficient (Wildman–Crippen LogP) is 3.30. The number of anilines is 1. The van der Waals surface area contributed by atoms with Gasteiger partial charge in [0.05, 0.1) is 13.2 Å². The van der Waals surface area contributed by atoms with E-state index in [0.29, 0.717) is 42.4 Å². The summed E-state index contributed by atoms with van der Waals surface area (Å²) in [5.74, 6) is -0.850. The number of carbonyl (C=O) groups is 2. The molecule has 1 fully saturated rings. The number of nitrogens with one attached hydrogen (secondary N) is 2. The first-order valence-corrected chi connectivity index (χ1v) is 11.7. The van der Waals surface area contributed by atoms with Gasteiger partial charge < -0.3 is 30.3 Å². The fourth-order valence-corrected chi connectivity index (χ4v) is 3.58. The van der Waals surface area contributed by atoms with Gasteiger partial charge >= 0.3 is 11.9 Å². The van der Waals surface area contributed by atoms with E-state index in [1.54, 1.807) is 0 Å². The van der Waals surface area contributed by atoms with Crippen molar-refractivity contribution >= 4 is 23.6 Å². The Bertz CT molecular complexity index is 1070. The van der Waals surface area contributed by atoms with Crippen molar-refractivity contribution in [1.29, 1.82) is 0 Å². The molecule has 0 spiro atoms. The SMILES string of the molecule is Fc1cc(OCC2CCOCC2)ccc1Cc1ccc(NC2=NCCN2)cc1.O=C(O)/C=C\C(=O)O. The zero-order valence-electron chi connectivity index (χ0n) is 19.8. The summed E-state index contributed by atoms with van der Waals surface area (Å²) in [6, 6.07) is 13.2. The van der Waals surface area contributed by atoms with E-state index in [0.717, 1.165) is 56.4 Å². The van der Waals surface area contributed by atoms with Gasteiger partial charge in [-0.2, -0.15) is 0 Å². The van der Waals surface area contributed by atoms with E-state index in [-0.39, 0.29) is 5.82 Å². The molecule has 192 valence electrons. The zero-order chi connectivity index (χ0) is 25.8. The third-order valence-corrected chi connectivity index (χ3v) is 5.51. The Morgan fingerprint density at radius 1 is 1.11 bits per heavy atom. The number of aliphatic carboxylic acids is 2. The number of halogens is 1. The van der Waals surface area contributed by atoms with Crippen molar-refractivity contribution in [3.8, 4) is 5.75 Å². The molecule has 0 atom stereocenters. The second kappa shape index (κ2) is 13.8. The molecular formula is C26H30FN3O6. The fraction of sp³-hybridized carbons (Fsp3) is 0.346. The van der Waals surface area contributed by atoms with Crippen molar-refractivity contribution in [2.24, 2.45) is 10.9 Å². The summed E-state index contributed by atoms with van der Waals surface area (Å²) in [4.78, 5) is 23.4. The van der Waals surface area contributed by atoms with Crippen LogP contribution < -0.4 is 15.4 Å². The van der Waals surface area contributed by atoms with E-state index in [4.69, 9.17) is 19.7 Å². The first-order valence-electron chi connectivity index (χ1n) is 11.7. The summed E-state index contributed by atoms with van der Waals surface area (Å²) in [5, 5.41) is 22.0. The van der Waals surface area contributed by atoms with Crippen LogP contribution >= 0.6 is 0 Å². The predicted molar refractivity (Wildman–Crippen MR) is 133 cm³/mol. The summed E-state index contributed by atoms with van der Waals surface area (Å²) in [5.41, 5.74) is 2.69. The zero-order valence-corrected chi connectivity index (χ0v) is 19.8. The fourth-order valence-electron chi connectivity index (χ4n) is 3.58. The Labute approximate surface area is 208 Å². The van der Waals surface area contributed by atoms with E-state index >= 15 is 0 Å². The number of ether oxygens (including phenoxy) is 2. The van der Waals surface area contributed by atoms with Gasteiger partial charge in [-0.25, -0.2) is 14.0 Å². The van der Waals surface area contributed by atoms with Gasteiger partial charge in [-0.3, -0.25) is 4.99 Å². The molecule has 4 N–H and O–H groups in total. The Kier molecular flexibility index (Phi) is 10.3. The van der Waals surface area contributed by atoms with Gasteiger partial charge in [0.15, 0.2) is 5.96 Å². The van der Waals surface area contributed by atoms with Crippen molar-refractivity contribution in [3.05, 3.63) is 71.6 Å². The van der Waals surface area contributed by atoms with Crippen molar-refractivity contribution in [3.63, 3.8) is 0 Å². The Morgan fingerprint density at radius 3 is 2.39 bits per heavy atom. The molecule has 2 aliphatic rings. The lowest BCUT2D eigenvalue weighted by atomic mass is 10.0. The highest BCUT2D eigenvalue weighted by atomic mass is 19.1. The number of carboxylic acids is 2. The van der Waals surface area contributed by atoms with Gasteiger partial charge in [-0.05, 0) is 48.1 Å². The molecule has 10 heteroatoms. The maximum Gasteiger partial charge on any atom is 0.328 e. The van der Waals surface area contributed by atoms with E-state index in [2.05, 4.69) is 15.6 Å². The number of carboxylic acid groups (broad SMARTS) is 2. The molecule has 4 rings (SSSR count). The minimum absolute atomic E-state index is 0.226. The maximum absolute atomic E-state index is 14.5. The lowest BCUT2D eigenvalue weighted by Gasteiger charge is -2.22. The second-order valence-electron chi connectivity index (χ2n) is 8.29. The lowest BCUT2D eigenvalue weighted by molar-refractivity contribution is -0.134. The smallest absolute Gasteiger partial charge is 0.328 e. The van der Waals surface area contributed by atoms with E-state index in [1.165, 1.54) is 6.07 Å². The van der Waals surface area contributed by atoms with Gasteiger partial charge in [0.2, 0.25) is 0 Å². The molecule has 1 saturated heterocycles. The Balaban J connectivity index is 0.000000392. The molecule has 2 aromatic carbocycles. The summed E-state index contributed by atoms with van der Waals surface area (Å²) in [6.07, 6.45) is 3.68. The molecule has 2 heterocycles. The lowest BCUT2D eigenvalue weighted by Crippen LogP contribution is -2.26. The van der Waals surface area contributed by atoms with Crippen LogP contribution in [0.3, 0.4) is 0 Å². The molecule has 0 radical (unpaired) electrons. The molecule has 0 bridgehead atoms. The number of hydrogen-bond donors (Lipinski definition) is 4. The minimum atomic E-state index is -1.26. The van der Waals surface area contributed by atoms with Crippen molar-refractivity contribution in [2.45, 2.75) is 19.3 Å². The number of hydrogen-bond acceptors (Lipinski definition) is 7. The van der Waals surface area contributed by atoms with Crippen LogP contribution in [0.4, 0.5) is 10.1 Å². The van der Waals surface area contributed by atoms with Crippen LogP contribution in [0, 0.1) is 11.7 Å². The molecule has 0 unspecified atom stereocenters. The monoisotopic (exact) mass is 499 g/mol. The van der Waals surface area contributed by atoms with Crippen LogP contribution in [0.2, 0.25) is 0 Å². The highest BCUT2D eigenvalue weighted by Crippen LogP contribution is 2.22. The average Bonchev–Trinajstić information content (AvgIpc) is 3.38. The van der Waals surface area contributed by atoms with Crippen LogP contribution in [-0.2, 0) is 20.7 Å². The van der Waals surface area contributed by atoms with Gasteiger partial charge in [-0.1, -0.05) is 18.2 Å². The van der Waals surface area contributed by atoms with Crippen LogP contribution in [0.5, 0.6) is 5.75 Å². The summed E-state index contributed by atoms with van der Waals surface area (Å²) < 4.78 is 25.7. The summed E-state index contributed by atoms with van der Waals surface area (Å²) in [7, 11) is 0. The highest BCUT2D eigenvalue weighted by molar-refractivity contribution is 5.94. The average molecular weight is 500 g/mol. The maximum atomic E-state index is 14.5. The van der Waals surface area contributed by atoms with Gasteiger partial charge in [0.1, 0.15) is 11.6 Å². The molecule has 0 aliphatic carbocycles. The third-order valence-electron chi connectivity index (χ3n) is 5.51. The van der Waals surface area contributed by atoms with Crippen molar-refractivity contribution in [2.75, 3.05) is 38.2 Å². The molecule has 2 aliphatic heterocycles. The van der Waals surface area contributed by atoms with Gasteiger partial charge in [-0.15, -0.1) is 0 Å². The largest absolute Gasteiger partial charge is 0.493 e. The molecule has 0 amide bonds. The standard InChI is InChI=1S/C22H26FN3O2.C4H4O4/c23-21-14-20(28-15-17-7-11-27-12-8-17)6-3-18(21)13-16-1-4-19(5-2-16)26-22-24-9-10-25-22;5-3(6)1-2-4(7)8/h1-6,14,17H,7-13,15H2,(H2,24,25,26);1-2H,(H,5,6)(H,7,8)/b;2-1-. The van der Waals surface area contributed by atoms with Crippen LogP contribution in [0.15, 0.2) is 59.6 Å². The molecule has 0 saturated carbocycles. The minimum Gasteiger partial charge on any atom is -0.493 e. The van der Waals surface area contributed by atoms with E-state index in [9.17, 15) is 14.0 Å². The second-order valence-corrected chi connectivity index (χ2v) is 8.29.